The normalized spacial score (nSPS) is 8.80. The van der Waals surface area contributed by atoms with Crippen molar-refractivity contribution >= 4 is 0 Å². The molecule has 0 amide bonds. The summed E-state index contributed by atoms with van der Waals surface area (Å²) in [5.74, 6) is 2.89. The summed E-state index contributed by atoms with van der Waals surface area (Å²) in [4.78, 5) is 10.6. The minimum atomic E-state index is -0.395. The van der Waals surface area contributed by atoms with Crippen molar-refractivity contribution in [2.45, 2.75) is 6.92 Å². The van der Waals surface area contributed by atoms with Crippen molar-refractivity contribution in [2.75, 3.05) is 0 Å². The Morgan fingerprint density at radius 3 is 2.80 bits per heavy atom. The molecule has 2 nitrogen and oxygen atoms in total. The van der Waals surface area contributed by atoms with Crippen LogP contribution in [-0.4, -0.2) is 0 Å². The zero-order chi connectivity index (χ0) is 7.56. The molecule has 0 unspecified atom stereocenters. The smallest absolute Gasteiger partial charge is 0.337 e. The first kappa shape index (κ1) is 6.63. The highest BCUT2D eigenvalue weighted by molar-refractivity contribution is 5.30. The molecular formula is C8H6O2. The van der Waals surface area contributed by atoms with Crippen LogP contribution >= 0.6 is 0 Å². The molecule has 0 N–H and O–H groups in total. The average Bonchev–Trinajstić information content (AvgIpc) is 1.85. The molecule has 0 aliphatic rings. The molecule has 0 spiro atoms. The lowest BCUT2D eigenvalue weighted by Crippen LogP contribution is -1.97. The fraction of sp³-hybridized carbons (Fsp3) is 0.125. The van der Waals surface area contributed by atoms with E-state index in [0.717, 1.165) is 0 Å². The standard InChI is InChI=1S/C8H6O2/c1-3-7-4-6(2)10-8(9)5-7/h1,4-5H,2H3. The molecule has 0 saturated carbocycles. The number of rotatable bonds is 0. The van der Waals surface area contributed by atoms with Crippen LogP contribution in [0, 0.1) is 19.3 Å². The van der Waals surface area contributed by atoms with E-state index < -0.39 is 5.63 Å². The van der Waals surface area contributed by atoms with Crippen molar-refractivity contribution in [1.82, 2.24) is 0 Å². The van der Waals surface area contributed by atoms with E-state index in [0.29, 0.717) is 11.3 Å². The molecule has 0 atom stereocenters. The van der Waals surface area contributed by atoms with Gasteiger partial charge in [-0.2, -0.15) is 0 Å². The summed E-state index contributed by atoms with van der Waals surface area (Å²) >= 11 is 0. The summed E-state index contributed by atoms with van der Waals surface area (Å²) in [6.45, 7) is 1.68. The van der Waals surface area contributed by atoms with Crippen molar-refractivity contribution in [1.29, 1.82) is 0 Å². The minimum Gasteiger partial charge on any atom is -0.428 e. The van der Waals surface area contributed by atoms with Gasteiger partial charge in [-0.1, -0.05) is 5.92 Å². The summed E-state index contributed by atoms with van der Waals surface area (Å²) in [6.07, 6.45) is 5.06. The first-order valence-electron chi connectivity index (χ1n) is 2.81. The second kappa shape index (κ2) is 2.40. The molecule has 1 rings (SSSR count). The van der Waals surface area contributed by atoms with E-state index in [1.54, 1.807) is 13.0 Å². The predicted octanol–water partition coefficient (Wildman–Crippen LogP) is 0.930. The molecule has 0 aliphatic heterocycles. The summed E-state index contributed by atoms with van der Waals surface area (Å²) in [6, 6.07) is 2.92. The highest BCUT2D eigenvalue weighted by atomic mass is 16.4. The van der Waals surface area contributed by atoms with Crippen LogP contribution in [0.1, 0.15) is 11.3 Å². The van der Waals surface area contributed by atoms with Gasteiger partial charge in [-0.15, -0.1) is 6.42 Å². The van der Waals surface area contributed by atoms with Crippen molar-refractivity contribution < 1.29 is 4.42 Å². The van der Waals surface area contributed by atoms with Crippen molar-refractivity contribution in [3.63, 3.8) is 0 Å². The van der Waals surface area contributed by atoms with Gasteiger partial charge in [-0.25, -0.2) is 4.79 Å². The molecule has 1 heterocycles. The maximum absolute atomic E-state index is 10.6. The third-order valence-electron chi connectivity index (χ3n) is 1.06. The molecule has 1 aromatic rings. The monoisotopic (exact) mass is 134 g/mol. The van der Waals surface area contributed by atoms with Gasteiger partial charge in [0.15, 0.2) is 0 Å². The first-order chi connectivity index (χ1) is 4.72. The predicted molar refractivity (Wildman–Crippen MR) is 37.7 cm³/mol. The molecule has 0 radical (unpaired) electrons. The molecule has 0 bridgehead atoms. The van der Waals surface area contributed by atoms with E-state index in [9.17, 15) is 4.79 Å². The van der Waals surface area contributed by atoms with Crippen LogP contribution in [-0.2, 0) is 0 Å². The average molecular weight is 134 g/mol. The summed E-state index contributed by atoms with van der Waals surface area (Å²) < 4.78 is 4.67. The van der Waals surface area contributed by atoms with Gasteiger partial charge in [0.25, 0.3) is 0 Å². The molecule has 10 heavy (non-hydrogen) atoms. The number of hydrogen-bond donors (Lipinski definition) is 0. The number of terminal acetylenes is 1. The second-order valence-electron chi connectivity index (χ2n) is 1.92. The highest BCUT2D eigenvalue weighted by Gasteiger charge is 1.92. The van der Waals surface area contributed by atoms with E-state index in [2.05, 4.69) is 10.3 Å². The van der Waals surface area contributed by atoms with Crippen molar-refractivity contribution in [3.05, 3.63) is 33.9 Å². The molecule has 0 saturated heterocycles. The van der Waals surface area contributed by atoms with Gasteiger partial charge < -0.3 is 4.42 Å². The van der Waals surface area contributed by atoms with Crippen LogP contribution in [0.5, 0.6) is 0 Å². The molecule has 2 heteroatoms. The largest absolute Gasteiger partial charge is 0.428 e. The Morgan fingerprint density at radius 2 is 2.30 bits per heavy atom. The van der Waals surface area contributed by atoms with E-state index in [1.807, 2.05) is 0 Å². The Labute approximate surface area is 58.5 Å². The van der Waals surface area contributed by atoms with Crippen molar-refractivity contribution in [2.24, 2.45) is 0 Å². The second-order valence-corrected chi connectivity index (χ2v) is 1.92. The lowest BCUT2D eigenvalue weighted by atomic mass is 10.2. The van der Waals surface area contributed by atoms with Gasteiger partial charge in [-0.05, 0) is 13.0 Å². The number of hydrogen-bond acceptors (Lipinski definition) is 2. The Morgan fingerprint density at radius 1 is 1.60 bits per heavy atom. The fourth-order valence-corrected chi connectivity index (χ4v) is 0.689. The van der Waals surface area contributed by atoms with Crippen LogP contribution in [0.25, 0.3) is 0 Å². The van der Waals surface area contributed by atoms with Crippen LogP contribution in [0.15, 0.2) is 21.3 Å². The third kappa shape index (κ3) is 1.26. The van der Waals surface area contributed by atoms with Crippen LogP contribution in [0.4, 0.5) is 0 Å². The van der Waals surface area contributed by atoms with E-state index in [1.165, 1.54) is 6.07 Å². The molecule has 50 valence electrons. The van der Waals surface area contributed by atoms with Crippen LogP contribution in [0.2, 0.25) is 0 Å². The number of aryl methyl sites for hydroxylation is 1. The molecular weight excluding hydrogens is 128 g/mol. The van der Waals surface area contributed by atoms with Crippen LogP contribution in [0.3, 0.4) is 0 Å². The fourth-order valence-electron chi connectivity index (χ4n) is 0.689. The Bertz CT molecular complexity index is 328. The van der Waals surface area contributed by atoms with Gasteiger partial charge >= 0.3 is 5.63 Å². The Kier molecular flexibility index (Phi) is 1.59. The highest BCUT2D eigenvalue weighted by Crippen LogP contribution is 1.96. The van der Waals surface area contributed by atoms with E-state index in [4.69, 9.17) is 6.42 Å². The summed E-state index contributed by atoms with van der Waals surface area (Å²) in [5.41, 5.74) is 0.168. The van der Waals surface area contributed by atoms with Gasteiger partial charge in [0.1, 0.15) is 5.76 Å². The van der Waals surface area contributed by atoms with Gasteiger partial charge in [0, 0.05) is 11.6 Å². The molecule has 0 aliphatic carbocycles. The summed E-state index contributed by atoms with van der Waals surface area (Å²) in [5, 5.41) is 0. The van der Waals surface area contributed by atoms with Crippen LogP contribution < -0.4 is 5.63 Å². The zero-order valence-corrected chi connectivity index (χ0v) is 5.55. The zero-order valence-electron chi connectivity index (χ0n) is 5.55. The Hall–Kier alpha value is -1.49. The lowest BCUT2D eigenvalue weighted by Gasteiger charge is -1.89. The summed E-state index contributed by atoms with van der Waals surface area (Å²) in [7, 11) is 0. The molecule has 0 fully saturated rings. The van der Waals surface area contributed by atoms with Crippen molar-refractivity contribution in [3.8, 4) is 12.3 Å². The van der Waals surface area contributed by atoms with Gasteiger partial charge in [0.05, 0.1) is 0 Å². The third-order valence-corrected chi connectivity index (χ3v) is 1.06. The lowest BCUT2D eigenvalue weighted by molar-refractivity contribution is 0.479. The maximum atomic E-state index is 10.6. The topological polar surface area (TPSA) is 30.2 Å². The van der Waals surface area contributed by atoms with E-state index >= 15 is 0 Å². The Balaban J connectivity index is 3.36. The van der Waals surface area contributed by atoms with Gasteiger partial charge in [0.2, 0.25) is 0 Å². The van der Waals surface area contributed by atoms with E-state index in [-0.39, 0.29) is 0 Å². The maximum Gasteiger partial charge on any atom is 0.337 e. The quantitative estimate of drug-likeness (QED) is 0.494. The molecule has 1 aromatic heterocycles. The molecule has 0 aromatic carbocycles. The first-order valence-corrected chi connectivity index (χ1v) is 2.81. The SMILES string of the molecule is C#Cc1cc(C)oc(=O)c1. The minimum absolute atomic E-state index is 0.395. The van der Waals surface area contributed by atoms with Gasteiger partial charge in [-0.3, -0.25) is 0 Å².